The molecule has 0 aliphatic rings. The Hall–Kier alpha value is -3.11. The molecule has 0 aliphatic heterocycles. The maximum atomic E-state index is 12.4. The van der Waals surface area contributed by atoms with Crippen molar-refractivity contribution in [2.75, 3.05) is 32.0 Å². The topological polar surface area (TPSA) is 137 Å². The van der Waals surface area contributed by atoms with E-state index in [2.05, 4.69) is 21.3 Å². The molecule has 1 aromatic rings. The summed E-state index contributed by atoms with van der Waals surface area (Å²) in [6, 6.07) is 4.52. The summed E-state index contributed by atoms with van der Waals surface area (Å²) >= 11 is 0. The summed E-state index contributed by atoms with van der Waals surface area (Å²) in [5.41, 5.74) is 1.54. The number of rotatable bonds is 17. The van der Waals surface area contributed by atoms with Crippen LogP contribution in [-0.2, 0) is 25.7 Å². The van der Waals surface area contributed by atoms with Gasteiger partial charge in [0.1, 0.15) is 6.29 Å². The quantitative estimate of drug-likeness (QED) is 0.201. The highest BCUT2D eigenvalue weighted by Crippen LogP contribution is 2.23. The molecule has 4 amide bonds. The van der Waals surface area contributed by atoms with Crippen LogP contribution in [0.3, 0.4) is 0 Å². The molecule has 1 atom stereocenters. The molecule has 10 heteroatoms. The third-order valence-electron chi connectivity index (χ3n) is 4.91. The Bertz CT molecular complexity index is 771. The van der Waals surface area contributed by atoms with Gasteiger partial charge in [-0.15, -0.1) is 0 Å². The monoisotopic (exact) mass is 447 g/mol. The zero-order valence-electron chi connectivity index (χ0n) is 18.7. The average molecular weight is 448 g/mol. The van der Waals surface area contributed by atoms with Crippen molar-refractivity contribution in [3.05, 3.63) is 29.3 Å². The summed E-state index contributed by atoms with van der Waals surface area (Å²) in [5.74, 6) is -0.595. The van der Waals surface area contributed by atoms with E-state index in [1.165, 1.54) is 0 Å². The lowest BCUT2D eigenvalue weighted by Gasteiger charge is -2.27. The van der Waals surface area contributed by atoms with Gasteiger partial charge in [0.15, 0.2) is 0 Å². The number of benzene rings is 1. The fraction of sp³-hybridized carbons (Fsp3) is 0.500. The van der Waals surface area contributed by atoms with E-state index in [1.807, 2.05) is 6.92 Å². The number of aldehydes is 1. The normalized spacial score (nSPS) is 11.5. The highest BCUT2D eigenvalue weighted by molar-refractivity contribution is 5.93. The molecule has 4 N–H and O–H groups in total. The summed E-state index contributed by atoms with van der Waals surface area (Å²) in [5, 5.41) is 10.7. The number of anilines is 1. The Labute approximate surface area is 188 Å². The number of carbonyl (C=O) groups excluding carboxylic acids is 5. The van der Waals surface area contributed by atoms with E-state index in [4.69, 9.17) is 0 Å². The van der Waals surface area contributed by atoms with E-state index in [1.54, 1.807) is 30.1 Å². The Morgan fingerprint density at radius 3 is 2.53 bits per heavy atom. The van der Waals surface area contributed by atoms with Gasteiger partial charge in [-0.1, -0.05) is 25.5 Å². The second-order valence-corrected chi connectivity index (χ2v) is 7.31. The molecule has 0 spiro atoms. The zero-order valence-corrected chi connectivity index (χ0v) is 18.7. The lowest BCUT2D eigenvalue weighted by Crippen LogP contribution is -2.44. The molecular weight excluding hydrogens is 414 g/mol. The summed E-state index contributed by atoms with van der Waals surface area (Å²) in [6.07, 6.45) is 3.88. The van der Waals surface area contributed by atoms with Crippen molar-refractivity contribution in [1.82, 2.24) is 20.9 Å². The summed E-state index contributed by atoms with van der Waals surface area (Å²) in [6.45, 7) is 3.95. The minimum absolute atomic E-state index is 0.187. The van der Waals surface area contributed by atoms with Crippen molar-refractivity contribution >= 4 is 36.6 Å². The highest BCUT2D eigenvalue weighted by atomic mass is 16.2. The molecule has 10 nitrogen and oxygen atoms in total. The molecule has 0 radical (unpaired) electrons. The molecule has 0 fully saturated rings. The van der Waals surface area contributed by atoms with Gasteiger partial charge in [0.25, 0.3) is 0 Å². The average Bonchev–Trinajstić information content (AvgIpc) is 2.77. The van der Waals surface area contributed by atoms with E-state index < -0.39 is 11.9 Å². The largest absolute Gasteiger partial charge is 0.357 e. The first-order valence-electron chi connectivity index (χ1n) is 10.7. The first kappa shape index (κ1) is 26.9. The predicted molar refractivity (Wildman–Crippen MR) is 121 cm³/mol. The number of nitrogens with zero attached hydrogens (tertiary/aromatic N) is 1. The smallest absolute Gasteiger partial charge is 0.243 e. The van der Waals surface area contributed by atoms with E-state index >= 15 is 0 Å². The third-order valence-corrected chi connectivity index (χ3v) is 4.91. The van der Waals surface area contributed by atoms with E-state index in [-0.39, 0.29) is 18.9 Å². The number of imide groups is 1. The standard InChI is InChI=1S/C22H33N5O5/c1-3-6-20(22(32)25-16-30)27(2)13-18-17(14-28)7-4-8-19(18)26-21(31)9-5-10-23-11-12-24-15-29/h4,7-8,14-16,20,23H,3,5-6,9-13H2,1-2H3,(H,24,29)(H,26,31)(H,25,30,32). The summed E-state index contributed by atoms with van der Waals surface area (Å²) in [7, 11) is 1.74. The zero-order chi connectivity index (χ0) is 23.8. The number of likely N-dealkylation sites (N-methyl/N-ethyl adjacent to an activating group) is 1. The molecule has 1 unspecified atom stereocenters. The number of carbonyl (C=O) groups is 5. The van der Waals surface area contributed by atoms with Gasteiger partial charge in [-0.2, -0.15) is 0 Å². The minimum Gasteiger partial charge on any atom is -0.357 e. The predicted octanol–water partition coefficient (Wildman–Crippen LogP) is 0.427. The van der Waals surface area contributed by atoms with Gasteiger partial charge < -0.3 is 16.0 Å². The van der Waals surface area contributed by atoms with Crippen LogP contribution >= 0.6 is 0 Å². The molecule has 1 rings (SSSR count). The van der Waals surface area contributed by atoms with Crippen molar-refractivity contribution in [2.24, 2.45) is 0 Å². The molecular formula is C22H33N5O5. The highest BCUT2D eigenvalue weighted by Gasteiger charge is 2.24. The van der Waals surface area contributed by atoms with Crippen LogP contribution in [0.4, 0.5) is 5.69 Å². The second-order valence-electron chi connectivity index (χ2n) is 7.31. The van der Waals surface area contributed by atoms with Crippen molar-refractivity contribution in [3.8, 4) is 0 Å². The van der Waals surface area contributed by atoms with Gasteiger partial charge in [-0.05, 0) is 32.5 Å². The molecule has 0 saturated heterocycles. The van der Waals surface area contributed by atoms with Gasteiger partial charge in [0.2, 0.25) is 24.6 Å². The van der Waals surface area contributed by atoms with Crippen molar-refractivity contribution in [3.63, 3.8) is 0 Å². The van der Waals surface area contributed by atoms with Crippen molar-refractivity contribution < 1.29 is 24.0 Å². The Morgan fingerprint density at radius 1 is 1.09 bits per heavy atom. The fourth-order valence-electron chi connectivity index (χ4n) is 3.28. The Kier molecular flexibility index (Phi) is 13.2. The fourth-order valence-corrected chi connectivity index (χ4v) is 3.28. The molecule has 32 heavy (non-hydrogen) atoms. The van der Waals surface area contributed by atoms with Gasteiger partial charge in [0, 0.05) is 42.9 Å². The molecule has 0 saturated carbocycles. The number of amides is 4. The van der Waals surface area contributed by atoms with E-state index in [0.29, 0.717) is 62.1 Å². The molecule has 0 aromatic heterocycles. The first-order valence-corrected chi connectivity index (χ1v) is 10.7. The lowest BCUT2D eigenvalue weighted by molar-refractivity contribution is -0.129. The van der Waals surface area contributed by atoms with Crippen LogP contribution in [0.1, 0.15) is 48.5 Å². The van der Waals surface area contributed by atoms with Gasteiger partial charge in [-0.25, -0.2) is 0 Å². The Morgan fingerprint density at radius 2 is 1.88 bits per heavy atom. The van der Waals surface area contributed by atoms with Crippen LogP contribution in [0.25, 0.3) is 0 Å². The maximum absolute atomic E-state index is 12.4. The van der Waals surface area contributed by atoms with Gasteiger partial charge in [-0.3, -0.25) is 34.2 Å². The van der Waals surface area contributed by atoms with Crippen LogP contribution in [0.5, 0.6) is 0 Å². The number of hydrogen-bond acceptors (Lipinski definition) is 7. The maximum Gasteiger partial charge on any atom is 0.243 e. The van der Waals surface area contributed by atoms with Crippen LogP contribution in [0, 0.1) is 0 Å². The van der Waals surface area contributed by atoms with Gasteiger partial charge in [0.05, 0.1) is 6.04 Å². The summed E-state index contributed by atoms with van der Waals surface area (Å²) in [4.78, 5) is 58.9. The van der Waals surface area contributed by atoms with Crippen LogP contribution in [-0.4, -0.2) is 68.5 Å². The molecule has 0 heterocycles. The molecule has 1 aromatic carbocycles. The molecule has 176 valence electrons. The minimum atomic E-state index is -0.548. The summed E-state index contributed by atoms with van der Waals surface area (Å²) < 4.78 is 0. The SMILES string of the molecule is CCCC(C(=O)NC=O)N(C)Cc1c(C=O)cccc1NC(=O)CCCNCCNC=O. The molecule has 0 bridgehead atoms. The van der Waals surface area contributed by atoms with Crippen LogP contribution in [0.2, 0.25) is 0 Å². The van der Waals surface area contributed by atoms with E-state index in [0.717, 1.165) is 12.7 Å². The van der Waals surface area contributed by atoms with E-state index in [9.17, 15) is 24.0 Å². The second kappa shape index (κ2) is 15.7. The van der Waals surface area contributed by atoms with Crippen LogP contribution in [0.15, 0.2) is 18.2 Å². The number of hydrogen-bond donors (Lipinski definition) is 4. The third kappa shape index (κ3) is 9.36. The van der Waals surface area contributed by atoms with Crippen molar-refractivity contribution in [2.45, 2.75) is 45.2 Å². The van der Waals surface area contributed by atoms with Crippen LogP contribution < -0.4 is 21.3 Å². The lowest BCUT2D eigenvalue weighted by atomic mass is 10.0. The Balaban J connectivity index is 2.80. The van der Waals surface area contributed by atoms with Crippen molar-refractivity contribution in [1.29, 1.82) is 0 Å². The number of nitrogens with one attached hydrogen (secondary N) is 4. The van der Waals surface area contributed by atoms with Gasteiger partial charge >= 0.3 is 0 Å². The first-order chi connectivity index (χ1) is 15.5. The molecule has 0 aliphatic carbocycles.